The van der Waals surface area contributed by atoms with Crippen molar-refractivity contribution in [1.82, 2.24) is 9.84 Å². The lowest BCUT2D eigenvalue weighted by Crippen LogP contribution is -2.48. The van der Waals surface area contributed by atoms with E-state index in [-0.39, 0.29) is 9.92 Å². The van der Waals surface area contributed by atoms with Gasteiger partial charge in [0.1, 0.15) is 5.82 Å². The Balaban J connectivity index is 2.16. The van der Waals surface area contributed by atoms with Crippen LogP contribution in [0.1, 0.15) is 0 Å². The first-order valence-corrected chi connectivity index (χ1v) is 7.15. The maximum Gasteiger partial charge on any atom is 0.253 e. The summed E-state index contributed by atoms with van der Waals surface area (Å²) in [6, 6.07) is 3.28. The SMILES string of the molecule is O=S(=O)(NN1CCOCC1)c1ccc(F)c(Cl)c1. The van der Waals surface area contributed by atoms with Crippen molar-refractivity contribution >= 4 is 21.6 Å². The molecule has 0 bridgehead atoms. The number of hydrazine groups is 1. The van der Waals surface area contributed by atoms with Crippen LogP contribution in [0.15, 0.2) is 23.1 Å². The first-order chi connectivity index (χ1) is 8.49. The fourth-order valence-corrected chi connectivity index (χ4v) is 2.91. The number of ether oxygens (including phenoxy) is 1. The van der Waals surface area contributed by atoms with Crippen molar-refractivity contribution in [3.63, 3.8) is 0 Å². The third-order valence-corrected chi connectivity index (χ3v) is 4.12. The molecule has 5 nitrogen and oxygen atoms in total. The standard InChI is InChI=1S/C10H12ClFN2O3S/c11-9-7-8(1-2-10(9)12)18(15,16)13-14-3-5-17-6-4-14/h1-2,7,13H,3-6H2. The van der Waals surface area contributed by atoms with E-state index in [9.17, 15) is 12.8 Å². The predicted octanol–water partition coefficient (Wildman–Crippen LogP) is 1.00. The Labute approximate surface area is 110 Å². The van der Waals surface area contributed by atoms with Crippen molar-refractivity contribution in [1.29, 1.82) is 0 Å². The molecule has 8 heteroatoms. The van der Waals surface area contributed by atoms with E-state index in [1.54, 1.807) is 0 Å². The molecule has 100 valence electrons. The molecule has 2 rings (SSSR count). The summed E-state index contributed by atoms with van der Waals surface area (Å²) < 4.78 is 42.1. The van der Waals surface area contributed by atoms with Crippen molar-refractivity contribution in [3.05, 3.63) is 29.0 Å². The van der Waals surface area contributed by atoms with E-state index in [4.69, 9.17) is 16.3 Å². The van der Waals surface area contributed by atoms with Crippen LogP contribution in [0, 0.1) is 5.82 Å². The van der Waals surface area contributed by atoms with Gasteiger partial charge < -0.3 is 4.74 Å². The number of halogens is 2. The molecule has 0 atom stereocenters. The first kappa shape index (κ1) is 13.7. The highest BCUT2D eigenvalue weighted by Gasteiger charge is 2.20. The molecule has 1 aliphatic heterocycles. The van der Waals surface area contributed by atoms with Crippen molar-refractivity contribution in [3.8, 4) is 0 Å². The maximum atomic E-state index is 13.0. The average Bonchev–Trinajstić information content (AvgIpc) is 2.33. The molecular formula is C10H12ClFN2O3S. The molecule has 1 heterocycles. The van der Waals surface area contributed by atoms with Gasteiger partial charge in [0, 0.05) is 13.1 Å². The first-order valence-electron chi connectivity index (χ1n) is 5.29. The summed E-state index contributed by atoms with van der Waals surface area (Å²) in [6.07, 6.45) is 0. The Bertz CT molecular complexity index is 532. The third-order valence-electron chi connectivity index (χ3n) is 2.46. The number of hydrogen-bond acceptors (Lipinski definition) is 4. The molecule has 0 amide bonds. The molecule has 0 radical (unpaired) electrons. The number of nitrogens with zero attached hydrogens (tertiary/aromatic N) is 1. The van der Waals surface area contributed by atoms with Gasteiger partial charge in [-0.1, -0.05) is 11.6 Å². The van der Waals surface area contributed by atoms with Crippen LogP contribution in [-0.2, 0) is 14.8 Å². The van der Waals surface area contributed by atoms with Crippen LogP contribution in [0.3, 0.4) is 0 Å². The van der Waals surface area contributed by atoms with Gasteiger partial charge in [-0.25, -0.2) is 17.8 Å². The fraction of sp³-hybridized carbons (Fsp3) is 0.400. The van der Waals surface area contributed by atoms with Gasteiger partial charge in [-0.2, -0.15) is 0 Å². The summed E-state index contributed by atoms with van der Waals surface area (Å²) in [5, 5.41) is 1.32. The highest BCUT2D eigenvalue weighted by Crippen LogP contribution is 2.19. The number of nitrogens with one attached hydrogen (secondary N) is 1. The molecule has 1 saturated heterocycles. The Morgan fingerprint density at radius 2 is 2.00 bits per heavy atom. The largest absolute Gasteiger partial charge is 0.379 e. The van der Waals surface area contributed by atoms with Gasteiger partial charge in [0.15, 0.2) is 0 Å². The minimum Gasteiger partial charge on any atom is -0.379 e. The van der Waals surface area contributed by atoms with Crippen LogP contribution in [0.2, 0.25) is 5.02 Å². The number of morpholine rings is 1. The topological polar surface area (TPSA) is 58.6 Å². The fourth-order valence-electron chi connectivity index (χ4n) is 1.52. The van der Waals surface area contributed by atoms with Gasteiger partial charge in [-0.15, -0.1) is 4.83 Å². The summed E-state index contributed by atoms with van der Waals surface area (Å²) in [4.78, 5) is 2.33. The summed E-state index contributed by atoms with van der Waals surface area (Å²) in [5.41, 5.74) is 0. The molecule has 1 aromatic carbocycles. The van der Waals surface area contributed by atoms with Crippen LogP contribution >= 0.6 is 11.6 Å². The third kappa shape index (κ3) is 3.18. The lowest BCUT2D eigenvalue weighted by molar-refractivity contribution is 0.0272. The minimum atomic E-state index is -3.73. The smallest absolute Gasteiger partial charge is 0.253 e. The van der Waals surface area contributed by atoms with E-state index in [2.05, 4.69) is 4.83 Å². The zero-order chi connectivity index (χ0) is 13.2. The number of rotatable bonds is 3. The summed E-state index contributed by atoms with van der Waals surface area (Å²) >= 11 is 5.56. The zero-order valence-corrected chi connectivity index (χ0v) is 11.0. The lowest BCUT2D eigenvalue weighted by Gasteiger charge is -2.26. The average molecular weight is 295 g/mol. The highest BCUT2D eigenvalue weighted by atomic mass is 35.5. The lowest BCUT2D eigenvalue weighted by atomic mass is 10.3. The molecule has 1 N–H and O–H groups in total. The van der Waals surface area contributed by atoms with Gasteiger partial charge in [-0.05, 0) is 18.2 Å². The number of benzene rings is 1. The van der Waals surface area contributed by atoms with E-state index in [0.717, 1.165) is 12.1 Å². The molecule has 0 aliphatic carbocycles. The van der Waals surface area contributed by atoms with Crippen LogP contribution in [-0.4, -0.2) is 39.7 Å². The predicted molar refractivity (Wildman–Crippen MR) is 64.1 cm³/mol. The van der Waals surface area contributed by atoms with Crippen molar-refractivity contribution in [2.24, 2.45) is 0 Å². The molecule has 0 spiro atoms. The maximum absolute atomic E-state index is 13.0. The second-order valence-electron chi connectivity index (χ2n) is 3.77. The van der Waals surface area contributed by atoms with Gasteiger partial charge in [-0.3, -0.25) is 0 Å². The summed E-state index contributed by atoms with van der Waals surface area (Å²) in [5.74, 6) is -0.651. The van der Waals surface area contributed by atoms with Gasteiger partial charge in [0.25, 0.3) is 10.0 Å². The quantitative estimate of drug-likeness (QED) is 0.904. The van der Waals surface area contributed by atoms with E-state index >= 15 is 0 Å². The molecule has 0 unspecified atom stereocenters. The van der Waals surface area contributed by atoms with E-state index < -0.39 is 15.8 Å². The van der Waals surface area contributed by atoms with Crippen molar-refractivity contribution in [2.75, 3.05) is 26.3 Å². The zero-order valence-electron chi connectivity index (χ0n) is 9.40. The van der Waals surface area contributed by atoms with E-state index in [1.807, 2.05) is 0 Å². The van der Waals surface area contributed by atoms with Crippen LogP contribution in [0.4, 0.5) is 4.39 Å². The van der Waals surface area contributed by atoms with Gasteiger partial charge >= 0.3 is 0 Å². The molecule has 18 heavy (non-hydrogen) atoms. The number of sulfonamides is 1. The molecule has 1 aromatic rings. The normalized spacial score (nSPS) is 17.9. The van der Waals surface area contributed by atoms with Gasteiger partial charge in [0.2, 0.25) is 0 Å². The monoisotopic (exact) mass is 294 g/mol. The Morgan fingerprint density at radius 3 is 2.61 bits per heavy atom. The Morgan fingerprint density at radius 1 is 1.33 bits per heavy atom. The Hall–Kier alpha value is -0.730. The van der Waals surface area contributed by atoms with Gasteiger partial charge in [0.05, 0.1) is 23.1 Å². The second kappa shape index (κ2) is 5.50. The summed E-state index contributed by atoms with van der Waals surface area (Å²) in [6.45, 7) is 1.86. The molecule has 1 aliphatic rings. The molecule has 0 saturated carbocycles. The molecule has 0 aromatic heterocycles. The minimum absolute atomic E-state index is 0.0691. The summed E-state index contributed by atoms with van der Waals surface area (Å²) in [7, 11) is -3.73. The number of hydrogen-bond donors (Lipinski definition) is 1. The van der Waals surface area contributed by atoms with Crippen LogP contribution < -0.4 is 4.83 Å². The van der Waals surface area contributed by atoms with Crippen LogP contribution in [0.5, 0.6) is 0 Å². The van der Waals surface area contributed by atoms with Crippen molar-refractivity contribution in [2.45, 2.75) is 4.90 Å². The molecule has 1 fully saturated rings. The van der Waals surface area contributed by atoms with Crippen molar-refractivity contribution < 1.29 is 17.5 Å². The van der Waals surface area contributed by atoms with E-state index in [0.29, 0.717) is 26.3 Å². The molecular weight excluding hydrogens is 283 g/mol. The highest BCUT2D eigenvalue weighted by molar-refractivity contribution is 7.89. The Kier molecular flexibility index (Phi) is 4.18. The second-order valence-corrected chi connectivity index (χ2v) is 5.84. The van der Waals surface area contributed by atoms with E-state index in [1.165, 1.54) is 11.1 Å². The van der Waals surface area contributed by atoms with Crippen LogP contribution in [0.25, 0.3) is 0 Å².